The number of fused-ring (bicyclic) bond motifs is 1. The summed E-state index contributed by atoms with van der Waals surface area (Å²) in [4.78, 5) is 23.1. The quantitative estimate of drug-likeness (QED) is 0.440. The number of H-pyrrole nitrogens is 1. The van der Waals surface area contributed by atoms with Crippen molar-refractivity contribution in [3.63, 3.8) is 0 Å². The van der Waals surface area contributed by atoms with E-state index in [1.54, 1.807) is 12.1 Å². The fourth-order valence-corrected chi connectivity index (χ4v) is 6.65. The van der Waals surface area contributed by atoms with E-state index in [4.69, 9.17) is 0 Å². The summed E-state index contributed by atoms with van der Waals surface area (Å²) in [5, 5.41) is 2.36. The van der Waals surface area contributed by atoms with Gasteiger partial charge >= 0.3 is 0 Å². The lowest BCUT2D eigenvalue weighted by Gasteiger charge is -2.33. The third kappa shape index (κ3) is 4.80. The summed E-state index contributed by atoms with van der Waals surface area (Å²) in [6.07, 6.45) is 0. The van der Waals surface area contributed by atoms with Gasteiger partial charge in [-0.3, -0.25) is 9.69 Å². The summed E-state index contributed by atoms with van der Waals surface area (Å²) in [6, 6.07) is 15.2. The van der Waals surface area contributed by atoms with Crippen molar-refractivity contribution in [1.82, 2.24) is 19.2 Å². The number of piperazine rings is 1. The van der Waals surface area contributed by atoms with E-state index in [9.17, 15) is 17.6 Å². The maximum atomic E-state index is 13.3. The molecule has 0 atom stereocenters. The Morgan fingerprint density at radius 3 is 2.41 bits per heavy atom. The van der Waals surface area contributed by atoms with Crippen molar-refractivity contribution in [3.05, 3.63) is 87.5 Å². The van der Waals surface area contributed by atoms with Crippen LogP contribution in [0.2, 0.25) is 0 Å². The molecule has 10 heteroatoms. The Hall–Kier alpha value is -2.92. The molecular weight excluding hydrogens is 475 g/mol. The highest BCUT2D eigenvalue weighted by atomic mass is 32.2. The molecule has 0 unspecified atom stereocenters. The number of halogens is 1. The van der Waals surface area contributed by atoms with Crippen molar-refractivity contribution < 1.29 is 12.8 Å². The highest BCUT2D eigenvalue weighted by Gasteiger charge is 2.27. The zero-order valence-corrected chi connectivity index (χ0v) is 19.9. The number of hydrogen-bond acceptors (Lipinski definition) is 6. The van der Waals surface area contributed by atoms with E-state index in [0.29, 0.717) is 48.8 Å². The van der Waals surface area contributed by atoms with Gasteiger partial charge in [0, 0.05) is 37.1 Å². The van der Waals surface area contributed by atoms with E-state index < -0.39 is 10.0 Å². The van der Waals surface area contributed by atoms with E-state index in [-0.39, 0.29) is 17.1 Å². The Balaban J connectivity index is 1.27. The Labute approximate surface area is 200 Å². The molecule has 0 saturated carbocycles. The number of benzene rings is 2. The Bertz CT molecular complexity index is 1460. The molecule has 0 bridgehead atoms. The molecule has 2 aromatic carbocycles. The maximum Gasteiger partial charge on any atom is 0.260 e. The Morgan fingerprint density at radius 2 is 1.71 bits per heavy atom. The molecule has 0 spiro atoms. The van der Waals surface area contributed by atoms with Gasteiger partial charge in [-0.15, -0.1) is 11.3 Å². The van der Waals surface area contributed by atoms with Crippen molar-refractivity contribution in [2.24, 2.45) is 0 Å². The molecule has 1 N–H and O–H groups in total. The standard InChI is InChI=1S/C24H23FN4O3S2/c25-19-8-6-18(7-9-19)20-15-33-24-22(20)23(30)26-21(27-24)14-28-10-12-29(13-11-28)34(31,32)16-17-4-2-1-3-5-17/h1-9,15H,10-14,16H2,(H,26,27,30). The number of nitrogens with one attached hydrogen (secondary N) is 1. The third-order valence-corrected chi connectivity index (χ3v) is 8.66. The topological polar surface area (TPSA) is 86.4 Å². The first-order valence-electron chi connectivity index (χ1n) is 10.9. The molecule has 1 fully saturated rings. The molecule has 3 heterocycles. The number of aromatic nitrogens is 2. The minimum absolute atomic E-state index is 0.00580. The first-order valence-corrected chi connectivity index (χ1v) is 13.4. The molecule has 7 nitrogen and oxygen atoms in total. The fraction of sp³-hybridized carbons (Fsp3) is 0.250. The molecule has 1 saturated heterocycles. The van der Waals surface area contributed by atoms with Crippen molar-refractivity contribution >= 4 is 31.6 Å². The zero-order chi connectivity index (χ0) is 23.7. The van der Waals surface area contributed by atoms with Crippen LogP contribution in [0.4, 0.5) is 4.39 Å². The van der Waals surface area contributed by atoms with Crippen molar-refractivity contribution in [3.8, 4) is 11.1 Å². The number of sulfonamides is 1. The number of rotatable bonds is 6. The van der Waals surface area contributed by atoms with Crippen LogP contribution in [0, 0.1) is 5.82 Å². The second-order valence-corrected chi connectivity index (χ2v) is 11.1. The monoisotopic (exact) mass is 498 g/mol. The predicted molar refractivity (Wildman–Crippen MR) is 132 cm³/mol. The highest BCUT2D eigenvalue weighted by Crippen LogP contribution is 2.30. The lowest BCUT2D eigenvalue weighted by atomic mass is 10.1. The van der Waals surface area contributed by atoms with Crippen molar-refractivity contribution in [1.29, 1.82) is 0 Å². The van der Waals surface area contributed by atoms with Crippen LogP contribution in [0.3, 0.4) is 0 Å². The van der Waals surface area contributed by atoms with Crippen LogP contribution in [-0.2, 0) is 22.3 Å². The largest absolute Gasteiger partial charge is 0.309 e. The maximum absolute atomic E-state index is 13.3. The lowest BCUT2D eigenvalue weighted by Crippen LogP contribution is -2.48. The smallest absolute Gasteiger partial charge is 0.260 e. The van der Waals surface area contributed by atoms with Crippen LogP contribution in [-0.4, -0.2) is 53.8 Å². The molecule has 4 aromatic rings. The number of nitrogens with zero attached hydrogens (tertiary/aromatic N) is 3. The van der Waals surface area contributed by atoms with Crippen LogP contribution < -0.4 is 5.56 Å². The van der Waals surface area contributed by atoms with E-state index >= 15 is 0 Å². The van der Waals surface area contributed by atoms with Crippen molar-refractivity contribution in [2.75, 3.05) is 26.2 Å². The summed E-state index contributed by atoms with van der Waals surface area (Å²) >= 11 is 1.38. The highest BCUT2D eigenvalue weighted by molar-refractivity contribution is 7.88. The predicted octanol–water partition coefficient (Wildman–Crippen LogP) is 3.44. The number of thiophene rings is 1. The molecule has 0 aliphatic carbocycles. The minimum Gasteiger partial charge on any atom is -0.309 e. The Kier molecular flexibility index (Phi) is 6.30. The van der Waals surface area contributed by atoms with Crippen LogP contribution in [0.1, 0.15) is 11.4 Å². The molecule has 0 radical (unpaired) electrons. The normalized spacial score (nSPS) is 15.7. The SMILES string of the molecule is O=c1[nH]c(CN2CCN(S(=O)(=O)Cc3ccccc3)CC2)nc2scc(-c3ccc(F)cc3)c12. The van der Waals surface area contributed by atoms with Gasteiger partial charge < -0.3 is 4.98 Å². The molecule has 5 rings (SSSR count). The third-order valence-electron chi connectivity index (χ3n) is 5.94. The van der Waals surface area contributed by atoms with Gasteiger partial charge in [0.2, 0.25) is 10.0 Å². The minimum atomic E-state index is -3.38. The molecule has 0 amide bonds. The van der Waals surface area contributed by atoms with Gasteiger partial charge in [-0.25, -0.2) is 17.8 Å². The van der Waals surface area contributed by atoms with Gasteiger partial charge in [0.05, 0.1) is 17.7 Å². The summed E-state index contributed by atoms with van der Waals surface area (Å²) in [5.41, 5.74) is 2.04. The molecule has 1 aliphatic heterocycles. The molecule has 176 valence electrons. The second kappa shape index (κ2) is 9.38. The van der Waals surface area contributed by atoms with E-state index in [1.165, 1.54) is 27.8 Å². The van der Waals surface area contributed by atoms with Gasteiger partial charge in [0.15, 0.2) is 0 Å². The van der Waals surface area contributed by atoms with Crippen LogP contribution >= 0.6 is 11.3 Å². The number of hydrogen-bond donors (Lipinski definition) is 1. The molecule has 34 heavy (non-hydrogen) atoms. The summed E-state index contributed by atoms with van der Waals surface area (Å²) in [6.45, 7) is 2.34. The van der Waals surface area contributed by atoms with Crippen LogP contribution in [0.5, 0.6) is 0 Å². The average molecular weight is 499 g/mol. The van der Waals surface area contributed by atoms with Crippen LogP contribution in [0.15, 0.2) is 64.8 Å². The average Bonchev–Trinajstić information content (AvgIpc) is 3.25. The number of aromatic amines is 1. The van der Waals surface area contributed by atoms with Gasteiger partial charge in [0.1, 0.15) is 16.5 Å². The molecular formula is C24H23FN4O3S2. The first-order chi connectivity index (χ1) is 16.4. The van der Waals surface area contributed by atoms with Gasteiger partial charge in [-0.2, -0.15) is 4.31 Å². The van der Waals surface area contributed by atoms with Crippen LogP contribution in [0.25, 0.3) is 21.3 Å². The van der Waals surface area contributed by atoms with E-state index in [0.717, 1.165) is 16.7 Å². The second-order valence-electron chi connectivity index (χ2n) is 8.27. The Morgan fingerprint density at radius 1 is 1.00 bits per heavy atom. The van der Waals surface area contributed by atoms with E-state index in [1.807, 2.05) is 35.7 Å². The van der Waals surface area contributed by atoms with Gasteiger partial charge in [-0.05, 0) is 23.3 Å². The van der Waals surface area contributed by atoms with Gasteiger partial charge in [-0.1, -0.05) is 42.5 Å². The summed E-state index contributed by atoms with van der Waals surface area (Å²) in [5.74, 6) is 0.213. The summed E-state index contributed by atoms with van der Waals surface area (Å²) in [7, 11) is -3.38. The lowest BCUT2D eigenvalue weighted by molar-refractivity contribution is 0.178. The first kappa shape index (κ1) is 22.9. The van der Waals surface area contributed by atoms with Crippen molar-refractivity contribution in [2.45, 2.75) is 12.3 Å². The molecule has 2 aromatic heterocycles. The van der Waals surface area contributed by atoms with E-state index in [2.05, 4.69) is 14.9 Å². The summed E-state index contributed by atoms with van der Waals surface area (Å²) < 4.78 is 40.4. The zero-order valence-electron chi connectivity index (χ0n) is 18.3. The fourth-order valence-electron chi connectivity index (χ4n) is 4.16. The van der Waals surface area contributed by atoms with Gasteiger partial charge in [0.25, 0.3) is 5.56 Å². The molecule has 1 aliphatic rings.